The van der Waals surface area contributed by atoms with Gasteiger partial charge in [-0.25, -0.2) is 0 Å². The third-order valence-electron chi connectivity index (χ3n) is 4.97. The van der Waals surface area contributed by atoms with E-state index in [1.807, 2.05) is 11.9 Å². The molecule has 1 heterocycles. The summed E-state index contributed by atoms with van der Waals surface area (Å²) in [5, 5.41) is 10.4. The van der Waals surface area contributed by atoms with Crippen molar-refractivity contribution in [2.45, 2.75) is 57.1 Å². The number of aliphatic hydroxyl groups is 1. The van der Waals surface area contributed by atoms with Gasteiger partial charge in [-0.15, -0.1) is 0 Å². The fourth-order valence-corrected chi connectivity index (χ4v) is 3.72. The molecule has 2 rings (SSSR count). The second-order valence-electron chi connectivity index (χ2n) is 6.71. The molecule has 4 heteroatoms. The third kappa shape index (κ3) is 3.48. The van der Waals surface area contributed by atoms with Gasteiger partial charge in [0.2, 0.25) is 5.91 Å². The van der Waals surface area contributed by atoms with E-state index in [2.05, 4.69) is 18.9 Å². The molecule has 1 aliphatic heterocycles. The summed E-state index contributed by atoms with van der Waals surface area (Å²) < 4.78 is 0. The lowest BCUT2D eigenvalue weighted by molar-refractivity contribution is -0.139. The molecule has 2 aliphatic rings. The van der Waals surface area contributed by atoms with E-state index in [1.165, 1.54) is 0 Å². The summed E-state index contributed by atoms with van der Waals surface area (Å²) in [6.07, 6.45) is 5.03. The molecule has 0 aromatic heterocycles. The third-order valence-corrected chi connectivity index (χ3v) is 4.97. The zero-order chi connectivity index (χ0) is 14.0. The fourth-order valence-electron chi connectivity index (χ4n) is 3.72. The van der Waals surface area contributed by atoms with Crippen LogP contribution in [-0.4, -0.2) is 59.6 Å². The van der Waals surface area contributed by atoms with Crippen LogP contribution in [-0.2, 0) is 4.79 Å². The molecular weight excluding hydrogens is 240 g/mol. The van der Waals surface area contributed by atoms with E-state index in [0.717, 1.165) is 45.2 Å². The van der Waals surface area contributed by atoms with Crippen LogP contribution in [0.4, 0.5) is 0 Å². The summed E-state index contributed by atoms with van der Waals surface area (Å²) in [4.78, 5) is 16.6. The van der Waals surface area contributed by atoms with Crippen molar-refractivity contribution in [2.24, 2.45) is 5.92 Å². The average molecular weight is 268 g/mol. The maximum absolute atomic E-state index is 12.4. The number of hydrogen-bond donors (Lipinski definition) is 1. The maximum Gasteiger partial charge on any atom is 0.225 e. The summed E-state index contributed by atoms with van der Waals surface area (Å²) in [6, 6.07) is 0.328. The molecule has 0 spiro atoms. The number of piperidine rings is 1. The monoisotopic (exact) mass is 268 g/mol. The standard InChI is InChI=1S/C15H28N2O2/c1-12-11-16(2)9-6-13(12)17(3)14(18)10-15(19)7-4-5-8-15/h12-13,19H,4-11H2,1-3H3. The van der Waals surface area contributed by atoms with E-state index in [9.17, 15) is 9.90 Å². The van der Waals surface area contributed by atoms with Gasteiger partial charge in [0.25, 0.3) is 0 Å². The second-order valence-corrected chi connectivity index (χ2v) is 6.71. The van der Waals surface area contributed by atoms with Crippen LogP contribution in [0, 0.1) is 5.92 Å². The predicted molar refractivity (Wildman–Crippen MR) is 75.9 cm³/mol. The first-order valence-corrected chi connectivity index (χ1v) is 7.58. The Balaban J connectivity index is 1.91. The van der Waals surface area contributed by atoms with Gasteiger partial charge >= 0.3 is 0 Å². The molecule has 2 unspecified atom stereocenters. The van der Waals surface area contributed by atoms with E-state index in [0.29, 0.717) is 18.4 Å². The molecule has 0 aromatic carbocycles. The molecule has 1 aliphatic carbocycles. The zero-order valence-corrected chi connectivity index (χ0v) is 12.6. The first kappa shape index (κ1) is 14.8. The van der Waals surface area contributed by atoms with E-state index in [4.69, 9.17) is 0 Å². The molecule has 110 valence electrons. The molecule has 2 fully saturated rings. The van der Waals surface area contributed by atoms with Gasteiger partial charge in [-0.1, -0.05) is 19.8 Å². The highest BCUT2D eigenvalue weighted by Gasteiger charge is 2.37. The van der Waals surface area contributed by atoms with E-state index in [-0.39, 0.29) is 5.91 Å². The Bertz CT molecular complexity index is 326. The molecule has 2 atom stereocenters. The Morgan fingerprint density at radius 2 is 2.05 bits per heavy atom. The molecule has 0 aromatic rings. The van der Waals surface area contributed by atoms with Crippen molar-refractivity contribution in [3.05, 3.63) is 0 Å². The lowest BCUT2D eigenvalue weighted by Gasteiger charge is -2.40. The molecule has 4 nitrogen and oxygen atoms in total. The number of amides is 1. The Hall–Kier alpha value is -0.610. The lowest BCUT2D eigenvalue weighted by atomic mass is 9.91. The van der Waals surface area contributed by atoms with Crippen LogP contribution in [0.1, 0.15) is 45.4 Å². The highest BCUT2D eigenvalue weighted by atomic mass is 16.3. The van der Waals surface area contributed by atoms with Gasteiger partial charge in [0, 0.05) is 19.6 Å². The maximum atomic E-state index is 12.4. The smallest absolute Gasteiger partial charge is 0.225 e. The fraction of sp³-hybridized carbons (Fsp3) is 0.933. The van der Waals surface area contributed by atoms with Crippen molar-refractivity contribution in [1.29, 1.82) is 0 Å². The first-order chi connectivity index (χ1) is 8.91. The van der Waals surface area contributed by atoms with Crippen LogP contribution < -0.4 is 0 Å². The minimum Gasteiger partial charge on any atom is -0.389 e. The van der Waals surface area contributed by atoms with Gasteiger partial charge in [0.15, 0.2) is 0 Å². The normalized spacial score (nSPS) is 31.4. The SMILES string of the molecule is CC1CN(C)CCC1N(C)C(=O)CC1(O)CCCC1. The largest absolute Gasteiger partial charge is 0.389 e. The summed E-state index contributed by atoms with van der Waals surface area (Å²) >= 11 is 0. The Morgan fingerprint density at radius 3 is 2.63 bits per heavy atom. The molecule has 1 amide bonds. The molecule has 0 bridgehead atoms. The van der Waals surface area contributed by atoms with Gasteiger partial charge in [-0.3, -0.25) is 4.79 Å². The zero-order valence-electron chi connectivity index (χ0n) is 12.6. The molecule has 19 heavy (non-hydrogen) atoms. The van der Waals surface area contributed by atoms with Gasteiger partial charge in [0.1, 0.15) is 0 Å². The average Bonchev–Trinajstić information content (AvgIpc) is 2.75. The topological polar surface area (TPSA) is 43.8 Å². The Kier molecular flexibility index (Phi) is 4.51. The summed E-state index contributed by atoms with van der Waals surface area (Å²) in [5.41, 5.74) is -0.722. The van der Waals surface area contributed by atoms with Gasteiger partial charge in [-0.05, 0) is 38.8 Å². The van der Waals surface area contributed by atoms with Crippen molar-refractivity contribution >= 4 is 5.91 Å². The van der Waals surface area contributed by atoms with Gasteiger partial charge < -0.3 is 14.9 Å². The molecular formula is C15H28N2O2. The number of carbonyl (C=O) groups is 1. The summed E-state index contributed by atoms with van der Waals surface area (Å²) in [7, 11) is 4.04. The number of likely N-dealkylation sites (tertiary alicyclic amines) is 1. The summed E-state index contributed by atoms with van der Waals surface area (Å²) in [6.45, 7) is 4.32. The van der Waals surface area contributed by atoms with E-state index < -0.39 is 5.60 Å². The van der Waals surface area contributed by atoms with E-state index >= 15 is 0 Å². The Labute approximate surface area is 116 Å². The van der Waals surface area contributed by atoms with Gasteiger partial charge in [0.05, 0.1) is 12.0 Å². The first-order valence-electron chi connectivity index (χ1n) is 7.58. The molecule has 0 radical (unpaired) electrons. The number of rotatable bonds is 3. The second kappa shape index (κ2) is 5.80. The van der Waals surface area contributed by atoms with Crippen molar-refractivity contribution in [3.63, 3.8) is 0 Å². The molecule has 1 saturated heterocycles. The van der Waals surface area contributed by atoms with Crippen molar-refractivity contribution < 1.29 is 9.90 Å². The van der Waals surface area contributed by atoms with Crippen LogP contribution >= 0.6 is 0 Å². The number of carbonyl (C=O) groups excluding carboxylic acids is 1. The molecule has 1 saturated carbocycles. The predicted octanol–water partition coefficient (Wildman–Crippen LogP) is 1.48. The molecule has 1 N–H and O–H groups in total. The van der Waals surface area contributed by atoms with Crippen molar-refractivity contribution in [2.75, 3.05) is 27.2 Å². The van der Waals surface area contributed by atoms with E-state index in [1.54, 1.807) is 0 Å². The number of nitrogens with zero attached hydrogens (tertiary/aromatic N) is 2. The van der Waals surface area contributed by atoms with Crippen LogP contribution in [0.15, 0.2) is 0 Å². The van der Waals surface area contributed by atoms with Crippen LogP contribution in [0.25, 0.3) is 0 Å². The van der Waals surface area contributed by atoms with Crippen LogP contribution in [0.2, 0.25) is 0 Å². The van der Waals surface area contributed by atoms with Crippen molar-refractivity contribution in [3.8, 4) is 0 Å². The minimum absolute atomic E-state index is 0.116. The minimum atomic E-state index is -0.722. The van der Waals surface area contributed by atoms with Crippen LogP contribution in [0.3, 0.4) is 0 Å². The van der Waals surface area contributed by atoms with Gasteiger partial charge in [-0.2, -0.15) is 0 Å². The van der Waals surface area contributed by atoms with Crippen LogP contribution in [0.5, 0.6) is 0 Å². The summed E-state index contributed by atoms with van der Waals surface area (Å²) in [5.74, 6) is 0.622. The Morgan fingerprint density at radius 1 is 1.42 bits per heavy atom. The highest BCUT2D eigenvalue weighted by molar-refractivity contribution is 5.77. The highest BCUT2D eigenvalue weighted by Crippen LogP contribution is 2.33. The lowest BCUT2D eigenvalue weighted by Crippen LogP contribution is -2.50. The van der Waals surface area contributed by atoms with Crippen molar-refractivity contribution in [1.82, 2.24) is 9.80 Å². The quantitative estimate of drug-likeness (QED) is 0.843. The number of hydrogen-bond acceptors (Lipinski definition) is 3.